The van der Waals surface area contributed by atoms with Crippen molar-refractivity contribution in [1.82, 2.24) is 0 Å². The Balaban J connectivity index is 2.38. The summed E-state index contributed by atoms with van der Waals surface area (Å²) in [7, 11) is 0. The molecule has 6 heteroatoms. The molecular weight excluding hydrogens is 297 g/mol. The fraction of sp³-hybridized carbons (Fsp3) is 0.600. The maximum absolute atomic E-state index is 13.4. The van der Waals surface area contributed by atoms with E-state index in [1.165, 1.54) is 6.07 Å². The van der Waals surface area contributed by atoms with Crippen LogP contribution in [0, 0.1) is 0 Å². The first-order chi connectivity index (χ1) is 9.73. The highest BCUT2D eigenvalue weighted by Crippen LogP contribution is 2.40. The quantitative estimate of drug-likeness (QED) is 0.924. The van der Waals surface area contributed by atoms with E-state index in [1.807, 2.05) is 4.90 Å². The number of thioether (sulfide) groups is 1. The monoisotopic (exact) mass is 318 g/mol. The van der Waals surface area contributed by atoms with Crippen molar-refractivity contribution in [3.8, 4) is 0 Å². The third-order valence-corrected chi connectivity index (χ3v) is 4.86. The van der Waals surface area contributed by atoms with Crippen LogP contribution in [-0.2, 0) is 12.6 Å². The minimum Gasteiger partial charge on any atom is -0.369 e. The summed E-state index contributed by atoms with van der Waals surface area (Å²) in [5.41, 5.74) is 5.82. The Kier molecular flexibility index (Phi) is 4.78. The van der Waals surface area contributed by atoms with Crippen LogP contribution in [0.2, 0.25) is 0 Å². The van der Waals surface area contributed by atoms with Gasteiger partial charge in [-0.05, 0) is 44.5 Å². The average Bonchev–Trinajstić information content (AvgIpc) is 2.37. The Bertz CT molecular complexity index is 500. The molecule has 1 aliphatic heterocycles. The van der Waals surface area contributed by atoms with Crippen LogP contribution in [0.5, 0.6) is 0 Å². The SMILES string of the molecule is CC1(C)CN(c2ccc(CCN)cc2C(F)(F)F)CCS1. The van der Waals surface area contributed by atoms with E-state index in [-0.39, 0.29) is 10.4 Å². The summed E-state index contributed by atoms with van der Waals surface area (Å²) >= 11 is 1.80. The molecule has 2 nitrogen and oxygen atoms in total. The minimum atomic E-state index is -4.34. The second-order valence-corrected chi connectivity index (χ2v) is 7.72. The Morgan fingerprint density at radius 2 is 2.05 bits per heavy atom. The third kappa shape index (κ3) is 4.07. The summed E-state index contributed by atoms with van der Waals surface area (Å²) in [4.78, 5) is 1.85. The molecule has 0 aliphatic carbocycles. The second-order valence-electron chi connectivity index (χ2n) is 5.92. The molecular formula is C15H21F3N2S. The average molecular weight is 318 g/mol. The normalized spacial score (nSPS) is 18.9. The molecule has 0 atom stereocenters. The molecule has 2 N–H and O–H groups in total. The topological polar surface area (TPSA) is 29.3 Å². The van der Waals surface area contributed by atoms with Crippen LogP contribution < -0.4 is 10.6 Å². The molecule has 2 rings (SSSR count). The van der Waals surface area contributed by atoms with Crippen LogP contribution >= 0.6 is 11.8 Å². The summed E-state index contributed by atoms with van der Waals surface area (Å²) in [6, 6.07) is 4.60. The van der Waals surface area contributed by atoms with Crippen LogP contribution in [-0.4, -0.2) is 30.1 Å². The van der Waals surface area contributed by atoms with E-state index in [1.54, 1.807) is 23.9 Å². The number of nitrogens with two attached hydrogens (primary N) is 1. The Morgan fingerprint density at radius 3 is 2.62 bits per heavy atom. The van der Waals surface area contributed by atoms with Gasteiger partial charge < -0.3 is 10.6 Å². The lowest BCUT2D eigenvalue weighted by Gasteiger charge is -2.40. The van der Waals surface area contributed by atoms with Gasteiger partial charge in [0.1, 0.15) is 0 Å². The highest BCUT2D eigenvalue weighted by molar-refractivity contribution is 8.00. The molecule has 0 amide bonds. The molecule has 1 heterocycles. The second kappa shape index (κ2) is 6.08. The molecule has 1 saturated heterocycles. The number of benzene rings is 1. The number of nitrogens with zero attached hydrogens (tertiary/aromatic N) is 1. The predicted molar refractivity (Wildman–Crippen MR) is 83.0 cm³/mol. The molecule has 1 fully saturated rings. The van der Waals surface area contributed by atoms with Crippen molar-refractivity contribution in [3.05, 3.63) is 29.3 Å². The third-order valence-electron chi connectivity index (χ3n) is 3.57. The highest BCUT2D eigenvalue weighted by Gasteiger charge is 2.37. The van der Waals surface area contributed by atoms with Gasteiger partial charge in [0, 0.05) is 29.3 Å². The van der Waals surface area contributed by atoms with Gasteiger partial charge in [-0.15, -0.1) is 0 Å². The van der Waals surface area contributed by atoms with Gasteiger partial charge in [0.05, 0.1) is 5.56 Å². The van der Waals surface area contributed by atoms with Crippen LogP contribution in [0.1, 0.15) is 25.0 Å². The first-order valence-corrected chi connectivity index (χ1v) is 8.00. The Labute approximate surface area is 127 Å². The van der Waals surface area contributed by atoms with Crippen LogP contribution in [0.15, 0.2) is 18.2 Å². The number of anilines is 1. The lowest BCUT2D eigenvalue weighted by molar-refractivity contribution is -0.137. The smallest absolute Gasteiger partial charge is 0.369 e. The summed E-state index contributed by atoms with van der Waals surface area (Å²) in [5, 5.41) is 0. The lowest BCUT2D eigenvalue weighted by Crippen LogP contribution is -2.43. The minimum absolute atomic E-state index is 0.0307. The summed E-state index contributed by atoms with van der Waals surface area (Å²) in [6.45, 7) is 5.76. The fourth-order valence-electron chi connectivity index (χ4n) is 2.63. The molecule has 21 heavy (non-hydrogen) atoms. The first kappa shape index (κ1) is 16.5. The van der Waals surface area contributed by atoms with Gasteiger partial charge in [-0.2, -0.15) is 24.9 Å². The molecule has 0 radical (unpaired) electrons. The molecule has 1 aromatic rings. The number of halogens is 3. The Morgan fingerprint density at radius 1 is 1.33 bits per heavy atom. The molecule has 0 unspecified atom stereocenters. The number of hydrogen-bond donors (Lipinski definition) is 1. The summed E-state index contributed by atoms with van der Waals surface area (Å²) in [5.74, 6) is 0.842. The molecule has 0 saturated carbocycles. The van der Waals surface area contributed by atoms with E-state index in [0.717, 1.165) is 5.75 Å². The van der Waals surface area contributed by atoms with Crippen molar-refractivity contribution < 1.29 is 13.2 Å². The predicted octanol–water partition coefficient (Wildman–Crippen LogP) is 3.54. The van der Waals surface area contributed by atoms with Gasteiger partial charge in [-0.25, -0.2) is 0 Å². The van der Waals surface area contributed by atoms with Crippen molar-refractivity contribution in [3.63, 3.8) is 0 Å². The van der Waals surface area contributed by atoms with Crippen molar-refractivity contribution in [2.24, 2.45) is 5.73 Å². The summed E-state index contributed by atoms with van der Waals surface area (Å²) < 4.78 is 40.0. The van der Waals surface area contributed by atoms with Gasteiger partial charge in [-0.3, -0.25) is 0 Å². The molecule has 1 aromatic carbocycles. The maximum Gasteiger partial charge on any atom is 0.418 e. The van der Waals surface area contributed by atoms with Gasteiger partial charge >= 0.3 is 6.18 Å². The number of alkyl halides is 3. The lowest BCUT2D eigenvalue weighted by atomic mass is 10.0. The van der Waals surface area contributed by atoms with Crippen LogP contribution in [0.25, 0.3) is 0 Å². The van der Waals surface area contributed by atoms with E-state index in [9.17, 15) is 13.2 Å². The van der Waals surface area contributed by atoms with E-state index in [2.05, 4.69) is 13.8 Å². The molecule has 0 bridgehead atoms. The van der Waals surface area contributed by atoms with E-state index in [0.29, 0.717) is 31.6 Å². The van der Waals surface area contributed by atoms with Gasteiger partial charge in [-0.1, -0.05) is 6.07 Å². The zero-order valence-corrected chi connectivity index (χ0v) is 13.2. The van der Waals surface area contributed by atoms with Crippen molar-refractivity contribution in [2.45, 2.75) is 31.2 Å². The Hall–Kier alpha value is -0.880. The van der Waals surface area contributed by atoms with Crippen LogP contribution in [0.3, 0.4) is 0 Å². The first-order valence-electron chi connectivity index (χ1n) is 7.02. The zero-order chi connectivity index (χ0) is 15.7. The van der Waals surface area contributed by atoms with Gasteiger partial charge in [0.2, 0.25) is 0 Å². The maximum atomic E-state index is 13.4. The largest absolute Gasteiger partial charge is 0.418 e. The molecule has 0 aromatic heterocycles. The number of rotatable bonds is 3. The van der Waals surface area contributed by atoms with Gasteiger partial charge in [0.25, 0.3) is 0 Å². The fourth-order valence-corrected chi connectivity index (χ4v) is 3.74. The highest BCUT2D eigenvalue weighted by atomic mass is 32.2. The molecule has 1 aliphatic rings. The van der Waals surface area contributed by atoms with E-state index < -0.39 is 11.7 Å². The van der Waals surface area contributed by atoms with E-state index >= 15 is 0 Å². The zero-order valence-electron chi connectivity index (χ0n) is 12.3. The van der Waals surface area contributed by atoms with Crippen molar-refractivity contribution >= 4 is 17.4 Å². The summed E-state index contributed by atoms with van der Waals surface area (Å²) in [6.07, 6.45) is -3.88. The van der Waals surface area contributed by atoms with Crippen molar-refractivity contribution in [2.75, 3.05) is 30.3 Å². The van der Waals surface area contributed by atoms with Crippen molar-refractivity contribution in [1.29, 1.82) is 0 Å². The van der Waals surface area contributed by atoms with Crippen LogP contribution in [0.4, 0.5) is 18.9 Å². The van der Waals surface area contributed by atoms with Gasteiger partial charge in [0.15, 0.2) is 0 Å². The molecule has 0 spiro atoms. The molecule has 118 valence electrons. The van der Waals surface area contributed by atoms with E-state index in [4.69, 9.17) is 5.73 Å². The standard InChI is InChI=1S/C15H21F3N2S/c1-14(2)10-20(7-8-21-14)13-4-3-11(5-6-19)9-12(13)15(16,17)18/h3-4,9H,5-8,10,19H2,1-2H3. The number of hydrogen-bond acceptors (Lipinski definition) is 3.